The molecule has 0 bridgehead atoms. The predicted molar refractivity (Wildman–Crippen MR) is 80.0 cm³/mol. The number of carbonyl (C=O) groups is 1. The van der Waals surface area contributed by atoms with Crippen molar-refractivity contribution in [1.82, 2.24) is 5.32 Å². The molecular formula is C17H31NO. The third-order valence-corrected chi connectivity index (χ3v) is 5.14. The molecule has 0 aromatic carbocycles. The van der Waals surface area contributed by atoms with Gasteiger partial charge in [0.15, 0.2) is 0 Å². The fraction of sp³-hybridized carbons (Fsp3) is 0.941. The van der Waals surface area contributed by atoms with Gasteiger partial charge in [0.2, 0.25) is 5.91 Å². The Kier molecular flexibility index (Phi) is 6.19. The van der Waals surface area contributed by atoms with Crippen LogP contribution >= 0.6 is 0 Å². The van der Waals surface area contributed by atoms with Gasteiger partial charge in [-0.15, -0.1) is 0 Å². The van der Waals surface area contributed by atoms with Crippen molar-refractivity contribution in [1.29, 1.82) is 0 Å². The summed E-state index contributed by atoms with van der Waals surface area (Å²) in [4.78, 5) is 12.3. The van der Waals surface area contributed by atoms with E-state index in [-0.39, 0.29) is 0 Å². The molecule has 0 aromatic rings. The minimum absolute atomic E-state index is 0.319. The second-order valence-corrected chi connectivity index (χ2v) is 6.70. The Hall–Kier alpha value is -0.530. The molecule has 19 heavy (non-hydrogen) atoms. The lowest BCUT2D eigenvalue weighted by molar-refractivity contribution is -0.127. The molecule has 0 aliphatic heterocycles. The van der Waals surface area contributed by atoms with Gasteiger partial charge in [-0.3, -0.25) is 4.79 Å². The zero-order valence-corrected chi connectivity index (χ0v) is 12.6. The normalized spacial score (nSPS) is 29.1. The first-order valence-electron chi connectivity index (χ1n) is 8.60. The van der Waals surface area contributed by atoms with E-state index in [0.717, 1.165) is 18.8 Å². The summed E-state index contributed by atoms with van der Waals surface area (Å²) in [6.45, 7) is 2.27. The summed E-state index contributed by atoms with van der Waals surface area (Å²) in [5.41, 5.74) is 0. The SMILES string of the molecule is CCCCC1CCC(C(=O)NC2CCCCC2)CC1. The van der Waals surface area contributed by atoms with Crippen LogP contribution in [0.4, 0.5) is 0 Å². The van der Waals surface area contributed by atoms with Crippen molar-refractivity contribution in [3.05, 3.63) is 0 Å². The predicted octanol–water partition coefficient (Wildman–Crippen LogP) is 4.43. The van der Waals surface area contributed by atoms with Gasteiger partial charge in [-0.2, -0.15) is 0 Å². The smallest absolute Gasteiger partial charge is 0.223 e. The van der Waals surface area contributed by atoms with Crippen LogP contribution in [0.15, 0.2) is 0 Å². The summed E-state index contributed by atoms with van der Waals surface area (Å²) in [6, 6.07) is 0.485. The maximum atomic E-state index is 12.3. The first-order chi connectivity index (χ1) is 9.29. The fourth-order valence-electron chi connectivity index (χ4n) is 3.77. The van der Waals surface area contributed by atoms with E-state index in [1.54, 1.807) is 0 Å². The average molecular weight is 265 g/mol. The van der Waals surface area contributed by atoms with Gasteiger partial charge in [0.25, 0.3) is 0 Å². The van der Waals surface area contributed by atoms with Crippen molar-refractivity contribution in [3.63, 3.8) is 0 Å². The van der Waals surface area contributed by atoms with Crippen molar-refractivity contribution in [2.45, 2.75) is 90.0 Å². The van der Waals surface area contributed by atoms with Gasteiger partial charge in [0.05, 0.1) is 0 Å². The van der Waals surface area contributed by atoms with E-state index >= 15 is 0 Å². The minimum atomic E-state index is 0.319. The second-order valence-electron chi connectivity index (χ2n) is 6.70. The largest absolute Gasteiger partial charge is 0.353 e. The van der Waals surface area contributed by atoms with Gasteiger partial charge in [-0.1, -0.05) is 45.4 Å². The van der Waals surface area contributed by atoms with E-state index in [4.69, 9.17) is 0 Å². The Morgan fingerprint density at radius 2 is 1.68 bits per heavy atom. The molecule has 1 N–H and O–H groups in total. The summed E-state index contributed by atoms with van der Waals surface area (Å²) in [6.07, 6.45) is 15.2. The van der Waals surface area contributed by atoms with E-state index in [1.165, 1.54) is 64.2 Å². The van der Waals surface area contributed by atoms with Crippen molar-refractivity contribution in [2.75, 3.05) is 0 Å². The maximum absolute atomic E-state index is 12.3. The van der Waals surface area contributed by atoms with Crippen LogP contribution < -0.4 is 5.32 Å². The molecule has 110 valence electrons. The van der Waals surface area contributed by atoms with Crippen LogP contribution in [-0.4, -0.2) is 11.9 Å². The molecule has 2 nitrogen and oxygen atoms in total. The highest BCUT2D eigenvalue weighted by molar-refractivity contribution is 5.79. The van der Waals surface area contributed by atoms with E-state index in [0.29, 0.717) is 17.9 Å². The summed E-state index contributed by atoms with van der Waals surface area (Å²) in [5, 5.41) is 3.31. The molecule has 2 aliphatic rings. The molecule has 2 aliphatic carbocycles. The van der Waals surface area contributed by atoms with Crippen LogP contribution in [-0.2, 0) is 4.79 Å². The zero-order valence-electron chi connectivity index (χ0n) is 12.6. The summed E-state index contributed by atoms with van der Waals surface area (Å²) in [7, 11) is 0. The number of hydrogen-bond acceptors (Lipinski definition) is 1. The van der Waals surface area contributed by atoms with Gasteiger partial charge in [-0.25, -0.2) is 0 Å². The van der Waals surface area contributed by atoms with E-state index < -0.39 is 0 Å². The van der Waals surface area contributed by atoms with Gasteiger partial charge < -0.3 is 5.32 Å². The van der Waals surface area contributed by atoms with Crippen molar-refractivity contribution < 1.29 is 4.79 Å². The molecule has 1 amide bonds. The van der Waals surface area contributed by atoms with E-state index in [9.17, 15) is 4.79 Å². The summed E-state index contributed by atoms with van der Waals surface area (Å²) in [5.74, 6) is 1.58. The molecule has 2 rings (SSSR count). The Labute approximate surface area is 118 Å². The Morgan fingerprint density at radius 3 is 2.32 bits per heavy atom. The molecule has 2 fully saturated rings. The van der Waals surface area contributed by atoms with Crippen molar-refractivity contribution in [3.8, 4) is 0 Å². The van der Waals surface area contributed by atoms with Gasteiger partial charge >= 0.3 is 0 Å². The second kappa shape index (κ2) is 7.91. The molecule has 0 heterocycles. The van der Waals surface area contributed by atoms with Crippen LogP contribution in [0.5, 0.6) is 0 Å². The molecule has 0 radical (unpaired) electrons. The first-order valence-corrected chi connectivity index (χ1v) is 8.60. The number of amides is 1. The Bertz CT molecular complexity index is 262. The third-order valence-electron chi connectivity index (χ3n) is 5.14. The highest BCUT2D eigenvalue weighted by atomic mass is 16.1. The number of rotatable bonds is 5. The van der Waals surface area contributed by atoms with Crippen molar-refractivity contribution >= 4 is 5.91 Å². The first kappa shape index (κ1) is 14.9. The van der Waals surface area contributed by atoms with Crippen LogP contribution in [0.1, 0.15) is 84.0 Å². The lowest BCUT2D eigenvalue weighted by Gasteiger charge is -2.30. The third kappa shape index (κ3) is 4.81. The van der Waals surface area contributed by atoms with Gasteiger partial charge in [-0.05, 0) is 44.4 Å². The molecule has 2 heteroatoms. The monoisotopic (exact) mass is 265 g/mol. The lowest BCUT2D eigenvalue weighted by Crippen LogP contribution is -2.41. The molecule has 0 spiro atoms. The Morgan fingerprint density at radius 1 is 1.00 bits per heavy atom. The average Bonchev–Trinajstić information content (AvgIpc) is 2.46. The molecule has 0 atom stereocenters. The van der Waals surface area contributed by atoms with Gasteiger partial charge in [0, 0.05) is 12.0 Å². The molecule has 0 unspecified atom stereocenters. The number of hydrogen-bond donors (Lipinski definition) is 1. The standard InChI is InChI=1S/C17H31NO/c1-2-3-7-14-10-12-15(13-11-14)17(19)18-16-8-5-4-6-9-16/h14-16H,2-13H2,1H3,(H,18,19). The van der Waals surface area contributed by atoms with Crippen molar-refractivity contribution in [2.24, 2.45) is 11.8 Å². The Balaban J connectivity index is 1.67. The topological polar surface area (TPSA) is 29.1 Å². The number of carbonyl (C=O) groups excluding carboxylic acids is 1. The molecular weight excluding hydrogens is 234 g/mol. The van der Waals surface area contributed by atoms with Gasteiger partial charge in [0.1, 0.15) is 0 Å². The lowest BCUT2D eigenvalue weighted by atomic mass is 9.79. The minimum Gasteiger partial charge on any atom is -0.353 e. The number of nitrogens with one attached hydrogen (secondary N) is 1. The van der Waals surface area contributed by atoms with Crippen LogP contribution in [0.3, 0.4) is 0 Å². The van der Waals surface area contributed by atoms with Crippen LogP contribution in [0.2, 0.25) is 0 Å². The molecule has 0 saturated heterocycles. The zero-order chi connectivity index (χ0) is 13.5. The summed E-state index contributed by atoms with van der Waals surface area (Å²) < 4.78 is 0. The highest BCUT2D eigenvalue weighted by Gasteiger charge is 2.27. The van der Waals surface area contributed by atoms with E-state index in [1.807, 2.05) is 0 Å². The van der Waals surface area contributed by atoms with Crippen LogP contribution in [0, 0.1) is 11.8 Å². The summed E-state index contributed by atoms with van der Waals surface area (Å²) >= 11 is 0. The molecule has 2 saturated carbocycles. The van der Waals surface area contributed by atoms with E-state index in [2.05, 4.69) is 12.2 Å². The maximum Gasteiger partial charge on any atom is 0.223 e. The highest BCUT2D eigenvalue weighted by Crippen LogP contribution is 2.32. The quantitative estimate of drug-likeness (QED) is 0.782. The number of unbranched alkanes of at least 4 members (excludes halogenated alkanes) is 1. The molecule has 0 aromatic heterocycles. The van der Waals surface area contributed by atoms with Crippen LogP contribution in [0.25, 0.3) is 0 Å². The fourth-order valence-corrected chi connectivity index (χ4v) is 3.77.